The number of alkyl carbamates (subject to hydrolysis) is 1. The Morgan fingerprint density at radius 2 is 0.722 bits per heavy atom. The van der Waals surface area contributed by atoms with E-state index in [0.717, 1.165) is 0 Å². The summed E-state index contributed by atoms with van der Waals surface area (Å²) in [5.41, 5.74) is 4.80. The van der Waals surface area contributed by atoms with Crippen molar-refractivity contribution < 1.29 is 66.1 Å². The maximum Gasteiger partial charge on any atom is 0.407 e. The van der Waals surface area contributed by atoms with Crippen LogP contribution in [0, 0.1) is 0 Å². The molecule has 0 saturated heterocycles. The molecule has 4 aromatic carbocycles. The number of hydrogen-bond donors (Lipinski definition) is 1. The van der Waals surface area contributed by atoms with E-state index in [2.05, 4.69) is 111 Å². The number of carbonyl (C=O) groups excluding carboxylic acids is 1. The summed E-state index contributed by atoms with van der Waals surface area (Å²) in [5.74, 6) is 0.0450. The lowest BCUT2D eigenvalue weighted by Gasteiger charge is -2.43. The van der Waals surface area contributed by atoms with Crippen molar-refractivity contribution in [2.24, 2.45) is 0 Å². The van der Waals surface area contributed by atoms with Gasteiger partial charge in [-0.15, -0.1) is 0 Å². The molecule has 0 atom stereocenters. The maximum atomic E-state index is 12.3. The first-order chi connectivity index (χ1) is 35.4. The Morgan fingerprint density at radius 1 is 0.417 bits per heavy atom. The van der Waals surface area contributed by atoms with Crippen molar-refractivity contribution >= 4 is 24.8 Å². The van der Waals surface area contributed by atoms with Gasteiger partial charge in [-0.25, -0.2) is 4.79 Å². The summed E-state index contributed by atoms with van der Waals surface area (Å²) < 4.78 is 74.1. The van der Waals surface area contributed by atoms with Gasteiger partial charge in [0, 0.05) is 19.1 Å². The fourth-order valence-corrected chi connectivity index (χ4v) is 12.9. The van der Waals surface area contributed by atoms with Crippen LogP contribution in [0.15, 0.2) is 109 Å². The monoisotopic (exact) mass is 1020 g/mol. The van der Waals surface area contributed by atoms with Gasteiger partial charge >= 0.3 is 6.09 Å². The molecule has 0 aliphatic heterocycles. The lowest BCUT2D eigenvalue weighted by molar-refractivity contribution is -0.0277. The Kier molecular flexibility index (Phi) is 29.3. The Bertz CT molecular complexity index is 1910. The standard InChI is InChI=1S/C56H81NO14Si/c1-56(2,3)72(48-15-6-4-7-16-48,49-17-8-5-9-18-49)71-46-45-69-44-43-68-42-41-67-40-39-66-38-37-65-36-35-64-34-33-63-32-31-62-30-29-61-28-27-60-26-25-59-24-14-23-57-55(58)70-47-54-52-21-12-10-19-50(52)51-20-11-13-22-53(51)54/h4-13,15-22,54H,14,23-47H2,1-3H3,(H,57,58). The minimum atomic E-state index is -2.55. The molecule has 0 fully saturated rings. The molecule has 15 nitrogen and oxygen atoms in total. The van der Waals surface area contributed by atoms with E-state index in [1.165, 1.54) is 32.6 Å². The average Bonchev–Trinajstić information content (AvgIpc) is 3.72. The molecule has 1 aliphatic carbocycles. The number of carbonyl (C=O) groups is 1. The van der Waals surface area contributed by atoms with Gasteiger partial charge in [0.1, 0.15) is 6.61 Å². The summed E-state index contributed by atoms with van der Waals surface area (Å²) in [6.45, 7) is 18.9. The van der Waals surface area contributed by atoms with E-state index >= 15 is 0 Å². The highest BCUT2D eigenvalue weighted by atomic mass is 28.4. The number of ether oxygens (including phenoxy) is 12. The Hall–Kier alpha value is -4.11. The van der Waals surface area contributed by atoms with Crippen molar-refractivity contribution in [1.82, 2.24) is 5.32 Å². The molecule has 72 heavy (non-hydrogen) atoms. The van der Waals surface area contributed by atoms with E-state index < -0.39 is 14.4 Å². The molecule has 0 aromatic heterocycles. The third kappa shape index (κ3) is 21.4. The van der Waals surface area contributed by atoms with Gasteiger partial charge in [-0.3, -0.25) is 0 Å². The first kappa shape index (κ1) is 58.8. The molecular formula is C56H81NO14Si. The van der Waals surface area contributed by atoms with E-state index in [1.54, 1.807) is 0 Å². The van der Waals surface area contributed by atoms with Crippen LogP contribution in [0.4, 0.5) is 4.79 Å². The van der Waals surface area contributed by atoms with Gasteiger partial charge in [-0.2, -0.15) is 0 Å². The van der Waals surface area contributed by atoms with Crippen LogP contribution >= 0.6 is 0 Å². The predicted molar refractivity (Wildman–Crippen MR) is 280 cm³/mol. The largest absolute Gasteiger partial charge is 0.449 e. The lowest BCUT2D eigenvalue weighted by Crippen LogP contribution is -2.66. The molecule has 4 aromatic rings. The molecule has 1 aliphatic rings. The Morgan fingerprint density at radius 3 is 1.07 bits per heavy atom. The summed E-state index contributed by atoms with van der Waals surface area (Å²) in [5, 5.41) is 5.27. The number of fused-ring (bicyclic) bond motifs is 3. The number of hydrogen-bond acceptors (Lipinski definition) is 14. The van der Waals surface area contributed by atoms with Crippen LogP contribution in [0.3, 0.4) is 0 Å². The Labute approximate surface area is 429 Å². The summed E-state index contributed by atoms with van der Waals surface area (Å²) >= 11 is 0. The van der Waals surface area contributed by atoms with Crippen LogP contribution in [-0.4, -0.2) is 180 Å². The zero-order valence-corrected chi connectivity index (χ0v) is 44.1. The molecule has 16 heteroatoms. The van der Waals surface area contributed by atoms with Crippen LogP contribution in [0.5, 0.6) is 0 Å². The topological polar surface area (TPSA) is 149 Å². The molecule has 0 heterocycles. The smallest absolute Gasteiger partial charge is 0.407 e. The van der Waals surface area contributed by atoms with E-state index in [4.69, 9.17) is 61.3 Å². The van der Waals surface area contributed by atoms with Crippen LogP contribution in [0.25, 0.3) is 11.1 Å². The van der Waals surface area contributed by atoms with E-state index in [-0.39, 0.29) is 11.0 Å². The molecule has 398 valence electrons. The SMILES string of the molecule is CC(C)(C)[Si](OCCOCCOCCOCCOCCOCCOCCOCCOCCOCCOCCOCCCNC(=O)OCC1c2ccccc2-c2ccccc21)(c1ccccc1)c1ccccc1. The Balaban J connectivity index is 0.683. The fourth-order valence-electron chi connectivity index (χ4n) is 8.33. The molecule has 1 amide bonds. The van der Waals surface area contributed by atoms with Gasteiger partial charge in [-0.1, -0.05) is 130 Å². The maximum absolute atomic E-state index is 12.3. The van der Waals surface area contributed by atoms with Gasteiger partial charge in [0.05, 0.1) is 145 Å². The van der Waals surface area contributed by atoms with Crippen LogP contribution in [0.2, 0.25) is 5.04 Å². The van der Waals surface area contributed by atoms with E-state index in [9.17, 15) is 4.79 Å². The van der Waals surface area contributed by atoms with Crippen molar-refractivity contribution in [3.8, 4) is 11.1 Å². The second-order valence-electron chi connectivity index (χ2n) is 17.9. The molecular weight excluding hydrogens is 939 g/mol. The van der Waals surface area contributed by atoms with Crippen LogP contribution in [0.1, 0.15) is 44.2 Å². The molecule has 0 bridgehead atoms. The summed E-state index contributed by atoms with van der Waals surface area (Å²) in [6.07, 6.45) is 0.264. The third-order valence-corrected chi connectivity index (χ3v) is 16.8. The number of nitrogens with one attached hydrogen (secondary N) is 1. The molecule has 5 rings (SSSR count). The predicted octanol–water partition coefficient (Wildman–Crippen LogP) is 6.67. The van der Waals surface area contributed by atoms with Gasteiger partial charge in [0.25, 0.3) is 8.32 Å². The highest BCUT2D eigenvalue weighted by Gasteiger charge is 2.50. The highest BCUT2D eigenvalue weighted by Crippen LogP contribution is 2.44. The van der Waals surface area contributed by atoms with Crippen molar-refractivity contribution in [3.63, 3.8) is 0 Å². The summed E-state index contributed by atoms with van der Waals surface area (Å²) in [4.78, 5) is 12.3. The van der Waals surface area contributed by atoms with Crippen molar-refractivity contribution in [1.29, 1.82) is 0 Å². The van der Waals surface area contributed by atoms with Crippen LogP contribution < -0.4 is 15.7 Å². The minimum absolute atomic E-state index is 0.0450. The number of rotatable bonds is 42. The molecule has 0 saturated carbocycles. The zero-order chi connectivity index (χ0) is 50.6. The molecule has 0 unspecified atom stereocenters. The van der Waals surface area contributed by atoms with Crippen molar-refractivity contribution in [2.45, 2.75) is 38.1 Å². The van der Waals surface area contributed by atoms with E-state index in [1.807, 2.05) is 24.3 Å². The van der Waals surface area contributed by atoms with Crippen molar-refractivity contribution in [3.05, 3.63) is 120 Å². The first-order valence-electron chi connectivity index (χ1n) is 25.6. The van der Waals surface area contributed by atoms with Crippen molar-refractivity contribution in [2.75, 3.05) is 165 Å². The highest BCUT2D eigenvalue weighted by molar-refractivity contribution is 6.99. The molecule has 1 N–H and O–H groups in total. The lowest BCUT2D eigenvalue weighted by atomic mass is 9.98. The second-order valence-corrected chi connectivity index (χ2v) is 22.2. The van der Waals surface area contributed by atoms with Crippen LogP contribution in [-0.2, 0) is 61.3 Å². The first-order valence-corrected chi connectivity index (χ1v) is 27.5. The molecule has 0 spiro atoms. The third-order valence-electron chi connectivity index (χ3n) is 11.8. The summed E-state index contributed by atoms with van der Waals surface area (Å²) in [6, 6.07) is 37.9. The van der Waals surface area contributed by atoms with Gasteiger partial charge < -0.3 is 66.6 Å². The normalized spacial score (nSPS) is 12.5. The van der Waals surface area contributed by atoms with Gasteiger partial charge in [-0.05, 0) is 44.1 Å². The molecule has 0 radical (unpaired) electrons. The number of amides is 1. The second kappa shape index (κ2) is 35.9. The number of benzene rings is 4. The fraction of sp³-hybridized carbons (Fsp3) is 0.554. The average molecular weight is 1020 g/mol. The van der Waals surface area contributed by atoms with Gasteiger partial charge in [0.15, 0.2) is 0 Å². The quantitative estimate of drug-likeness (QED) is 0.0372. The minimum Gasteiger partial charge on any atom is -0.449 e. The van der Waals surface area contributed by atoms with E-state index in [0.29, 0.717) is 172 Å². The zero-order valence-electron chi connectivity index (χ0n) is 43.1. The summed E-state index contributed by atoms with van der Waals surface area (Å²) in [7, 11) is -2.55. The van der Waals surface area contributed by atoms with Gasteiger partial charge in [0.2, 0.25) is 0 Å².